The molecule has 0 radical (unpaired) electrons. The summed E-state index contributed by atoms with van der Waals surface area (Å²) >= 11 is 0. The van der Waals surface area contributed by atoms with Crippen molar-refractivity contribution < 1.29 is 18.4 Å². The van der Waals surface area contributed by atoms with Gasteiger partial charge in [-0.25, -0.2) is 8.78 Å². The van der Waals surface area contributed by atoms with Crippen LogP contribution in [0.25, 0.3) is 0 Å². The maximum Gasteiger partial charge on any atom is 0.225 e. The highest BCUT2D eigenvalue weighted by atomic mass is 19.1. The van der Waals surface area contributed by atoms with Crippen LogP contribution in [0.3, 0.4) is 0 Å². The number of halogens is 2. The van der Waals surface area contributed by atoms with E-state index in [0.29, 0.717) is 24.2 Å². The summed E-state index contributed by atoms with van der Waals surface area (Å²) < 4.78 is 27.1. The number of amides is 1. The normalized spacial score (nSPS) is 16.2. The van der Waals surface area contributed by atoms with Gasteiger partial charge in [0.05, 0.1) is 12.3 Å². The molecule has 3 rings (SSSR count). The molecule has 1 unspecified atom stereocenters. The molecule has 2 aromatic carbocycles. The van der Waals surface area contributed by atoms with Crippen LogP contribution in [-0.4, -0.2) is 29.2 Å². The molecule has 0 saturated carbocycles. The van der Waals surface area contributed by atoms with Crippen molar-refractivity contribution in [2.75, 3.05) is 6.54 Å². The molecular weight excluding hydrogens is 350 g/mol. The van der Waals surface area contributed by atoms with Crippen molar-refractivity contribution >= 4 is 11.6 Å². The molecule has 0 spiro atoms. The quantitative estimate of drug-likeness (QED) is 0.765. The Morgan fingerprint density at radius 1 is 1.19 bits per heavy atom. The fourth-order valence-corrected chi connectivity index (χ4v) is 3.01. The highest BCUT2D eigenvalue weighted by Crippen LogP contribution is 2.20. The summed E-state index contributed by atoms with van der Waals surface area (Å²) in [5.41, 5.74) is 1.96. The zero-order chi connectivity index (χ0) is 19.4. The van der Waals surface area contributed by atoms with Gasteiger partial charge in [-0.05, 0) is 23.8 Å². The molecule has 4 nitrogen and oxygen atoms in total. The minimum atomic E-state index is -0.338. The molecule has 1 aliphatic heterocycles. The van der Waals surface area contributed by atoms with Gasteiger partial charge in [-0.3, -0.25) is 4.79 Å². The minimum absolute atomic E-state index is 0.0721. The van der Waals surface area contributed by atoms with Crippen LogP contribution in [0.5, 0.6) is 0 Å². The minimum Gasteiger partial charge on any atom is -0.390 e. The molecule has 1 amide bonds. The molecule has 27 heavy (non-hydrogen) atoms. The summed E-state index contributed by atoms with van der Waals surface area (Å²) in [6.07, 6.45) is 0.185. The maximum absolute atomic E-state index is 14.0. The van der Waals surface area contributed by atoms with Gasteiger partial charge in [0.15, 0.2) is 6.10 Å². The highest BCUT2D eigenvalue weighted by Gasteiger charge is 2.28. The third-order valence-electron chi connectivity index (χ3n) is 4.46. The van der Waals surface area contributed by atoms with E-state index in [4.69, 9.17) is 4.84 Å². The fraction of sp³-hybridized carbons (Fsp3) is 0.333. The predicted octanol–water partition coefficient (Wildman–Crippen LogP) is 4.14. The van der Waals surface area contributed by atoms with Crippen LogP contribution in [0.15, 0.2) is 53.7 Å². The molecule has 2 aromatic rings. The molecule has 0 aliphatic carbocycles. The second-order valence-electron chi connectivity index (χ2n) is 6.94. The van der Waals surface area contributed by atoms with Crippen LogP contribution < -0.4 is 0 Å². The Kier molecular flexibility index (Phi) is 5.84. The van der Waals surface area contributed by atoms with Gasteiger partial charge in [0, 0.05) is 24.4 Å². The molecule has 1 atom stereocenters. The largest absolute Gasteiger partial charge is 0.390 e. The number of carbonyl (C=O) groups excluding carboxylic acids is 1. The first-order chi connectivity index (χ1) is 12.9. The van der Waals surface area contributed by atoms with Crippen molar-refractivity contribution in [2.24, 2.45) is 11.1 Å². The topological polar surface area (TPSA) is 41.9 Å². The fourth-order valence-electron chi connectivity index (χ4n) is 3.01. The third-order valence-corrected chi connectivity index (χ3v) is 4.46. The van der Waals surface area contributed by atoms with Crippen molar-refractivity contribution in [3.05, 3.63) is 71.3 Å². The zero-order valence-corrected chi connectivity index (χ0v) is 15.4. The number of carbonyl (C=O) groups is 1. The Morgan fingerprint density at radius 2 is 1.89 bits per heavy atom. The lowest BCUT2D eigenvalue weighted by Crippen LogP contribution is -2.39. The summed E-state index contributed by atoms with van der Waals surface area (Å²) in [6.45, 7) is 4.11. The van der Waals surface area contributed by atoms with Crippen LogP contribution in [-0.2, 0) is 16.2 Å². The second-order valence-corrected chi connectivity index (χ2v) is 6.94. The lowest BCUT2D eigenvalue weighted by Gasteiger charge is -2.26. The Balaban J connectivity index is 1.69. The van der Waals surface area contributed by atoms with E-state index in [1.54, 1.807) is 35.2 Å². The van der Waals surface area contributed by atoms with Gasteiger partial charge >= 0.3 is 0 Å². The average molecular weight is 372 g/mol. The van der Waals surface area contributed by atoms with Crippen LogP contribution >= 0.6 is 0 Å². The standard InChI is InChI=1S/C21H22F2N2O2/c1-14(2)21(26)25(12-16-5-3-4-6-19(16)23)13-18-11-20(24-27-18)15-7-9-17(22)10-8-15/h3-10,14,18H,11-13H2,1-2H3. The van der Waals surface area contributed by atoms with Crippen LogP contribution in [0.2, 0.25) is 0 Å². The molecule has 0 N–H and O–H groups in total. The number of benzene rings is 2. The average Bonchev–Trinajstić information content (AvgIpc) is 3.11. The lowest BCUT2D eigenvalue weighted by molar-refractivity contribution is -0.137. The molecule has 0 aromatic heterocycles. The van der Waals surface area contributed by atoms with Crippen molar-refractivity contribution in [3.8, 4) is 0 Å². The van der Waals surface area contributed by atoms with Gasteiger partial charge in [-0.1, -0.05) is 49.3 Å². The van der Waals surface area contributed by atoms with Gasteiger partial charge < -0.3 is 9.74 Å². The first-order valence-corrected chi connectivity index (χ1v) is 8.95. The van der Waals surface area contributed by atoms with Gasteiger partial charge in [-0.15, -0.1) is 0 Å². The Morgan fingerprint density at radius 3 is 2.56 bits per heavy atom. The van der Waals surface area contributed by atoms with E-state index in [-0.39, 0.29) is 36.1 Å². The van der Waals surface area contributed by atoms with E-state index in [1.165, 1.54) is 18.2 Å². The van der Waals surface area contributed by atoms with Crippen molar-refractivity contribution in [2.45, 2.75) is 32.9 Å². The van der Waals surface area contributed by atoms with E-state index < -0.39 is 0 Å². The third kappa shape index (κ3) is 4.70. The number of oxime groups is 1. The summed E-state index contributed by atoms with van der Waals surface area (Å²) in [7, 11) is 0. The summed E-state index contributed by atoms with van der Waals surface area (Å²) in [5.74, 6) is -0.934. The lowest BCUT2D eigenvalue weighted by atomic mass is 10.0. The Labute approximate surface area is 157 Å². The van der Waals surface area contributed by atoms with E-state index in [0.717, 1.165) is 5.56 Å². The van der Waals surface area contributed by atoms with Gasteiger partial charge in [0.2, 0.25) is 5.91 Å². The molecule has 6 heteroatoms. The Hall–Kier alpha value is -2.76. The smallest absolute Gasteiger partial charge is 0.225 e. The first-order valence-electron chi connectivity index (χ1n) is 8.95. The summed E-state index contributed by atoms with van der Waals surface area (Å²) in [5, 5.41) is 4.08. The van der Waals surface area contributed by atoms with Crippen molar-refractivity contribution in [1.82, 2.24) is 4.90 Å². The zero-order valence-electron chi connectivity index (χ0n) is 15.4. The number of hydrogen-bond acceptors (Lipinski definition) is 3. The van der Waals surface area contributed by atoms with Gasteiger partial charge in [0.25, 0.3) is 0 Å². The van der Waals surface area contributed by atoms with Gasteiger partial charge in [0.1, 0.15) is 11.6 Å². The maximum atomic E-state index is 14.0. The SMILES string of the molecule is CC(C)C(=O)N(Cc1ccccc1F)CC1CC(c2ccc(F)cc2)=NO1. The van der Waals surface area contributed by atoms with E-state index >= 15 is 0 Å². The number of rotatable bonds is 6. The molecule has 1 heterocycles. The molecule has 142 valence electrons. The van der Waals surface area contributed by atoms with E-state index in [1.807, 2.05) is 13.8 Å². The summed E-state index contributed by atoms with van der Waals surface area (Å²) in [6, 6.07) is 12.5. The van der Waals surface area contributed by atoms with Crippen LogP contribution in [0, 0.1) is 17.6 Å². The van der Waals surface area contributed by atoms with Crippen molar-refractivity contribution in [1.29, 1.82) is 0 Å². The molecule has 0 saturated heterocycles. The first kappa shape index (κ1) is 19.0. The van der Waals surface area contributed by atoms with Crippen molar-refractivity contribution in [3.63, 3.8) is 0 Å². The van der Waals surface area contributed by atoms with E-state index in [2.05, 4.69) is 5.16 Å². The van der Waals surface area contributed by atoms with Crippen LogP contribution in [0.4, 0.5) is 8.78 Å². The number of hydrogen-bond donors (Lipinski definition) is 0. The molecule has 1 aliphatic rings. The van der Waals surface area contributed by atoms with Crippen LogP contribution in [0.1, 0.15) is 31.4 Å². The molecule has 0 bridgehead atoms. The predicted molar refractivity (Wildman–Crippen MR) is 99.1 cm³/mol. The second kappa shape index (κ2) is 8.29. The molecule has 0 fully saturated rings. The van der Waals surface area contributed by atoms with E-state index in [9.17, 15) is 13.6 Å². The highest BCUT2D eigenvalue weighted by molar-refractivity contribution is 6.01. The van der Waals surface area contributed by atoms with Gasteiger partial charge in [-0.2, -0.15) is 0 Å². The Bertz CT molecular complexity index is 834. The monoisotopic (exact) mass is 372 g/mol. The number of nitrogens with zero attached hydrogens (tertiary/aromatic N) is 2. The molecular formula is C21H22F2N2O2. The summed E-state index contributed by atoms with van der Waals surface area (Å²) in [4.78, 5) is 19.7.